The van der Waals surface area contributed by atoms with Gasteiger partial charge in [-0.05, 0) is 115 Å². The fraction of sp³-hybridized carbons (Fsp3) is 0.357. The van der Waals surface area contributed by atoms with Gasteiger partial charge in [-0.1, -0.05) is 48.5 Å². The van der Waals surface area contributed by atoms with Gasteiger partial charge >= 0.3 is 20.7 Å². The normalized spacial score (nSPS) is 10.9. The predicted molar refractivity (Wildman–Crippen MR) is 321 cm³/mol. The molecular weight excluding hydrogens is 1230 g/mol. The van der Waals surface area contributed by atoms with Gasteiger partial charge in [0, 0.05) is 73.8 Å². The van der Waals surface area contributed by atoms with E-state index in [9.17, 15) is 0 Å². The molecule has 437 valence electrons. The number of thioether (sulfide) groups is 4. The molecule has 16 nitrogen and oxygen atoms in total. The average Bonchev–Trinajstić information content (AvgIpc) is 4.30. The minimum Gasteiger partial charge on any atom is -1.00 e. The summed E-state index contributed by atoms with van der Waals surface area (Å²) in [4.78, 5) is 51.1. The predicted octanol–water partition coefficient (Wildman–Crippen LogP) is -4.26. The molecule has 9 rings (SSSR count). The maximum Gasteiger partial charge on any atom is 0.307 e. The van der Waals surface area contributed by atoms with Crippen molar-refractivity contribution in [2.45, 2.75) is 23.0 Å². The van der Waals surface area contributed by atoms with Crippen LogP contribution in [0.4, 0.5) is 0 Å². The molecular formula is C56H68Cl4CuN16S4-2. The van der Waals surface area contributed by atoms with Crippen LogP contribution in [0.25, 0.3) is 90.4 Å². The zero-order chi connectivity index (χ0) is 54.3. The zero-order valence-corrected chi connectivity index (χ0v) is 55.6. The summed E-state index contributed by atoms with van der Waals surface area (Å²) in [6, 6.07) is 25.9. The van der Waals surface area contributed by atoms with Gasteiger partial charge in [-0.15, -0.1) is 11.5 Å². The first-order valence-corrected chi connectivity index (χ1v) is 28.8. The Hall–Kier alpha value is -4.80. The Morgan fingerprint density at radius 2 is 0.679 bits per heavy atom. The van der Waals surface area contributed by atoms with Crippen LogP contribution in [0.1, 0.15) is 22.3 Å². The largest absolute Gasteiger partial charge is 1.00 e. The van der Waals surface area contributed by atoms with Gasteiger partial charge < -0.3 is 64.6 Å². The molecule has 8 bridgehead atoms. The number of halogens is 4. The van der Waals surface area contributed by atoms with Gasteiger partial charge in [-0.25, -0.2) is 24.9 Å². The fourth-order valence-electron chi connectivity index (χ4n) is 9.44. The number of hydrogen-bond acceptors (Lipinski definition) is 10. The van der Waals surface area contributed by atoms with E-state index in [1.165, 1.54) is 0 Å². The van der Waals surface area contributed by atoms with E-state index in [0.29, 0.717) is 46.2 Å². The van der Waals surface area contributed by atoms with Crippen LogP contribution in [0.5, 0.6) is 0 Å². The third-order valence-corrected chi connectivity index (χ3v) is 18.4. The average molecular weight is 1300 g/mol. The van der Waals surface area contributed by atoms with Crippen LogP contribution in [0, 0.1) is 0 Å². The number of fused-ring (bicyclic) bond motifs is 20. The SMILES string of the molecule is CN(C)C(SCc1ccc2c(c1)-c1nc3nc(nc4nc([n-]c5[n-]c(nc-2n1)c1cc(CSC(N(C)C)=[N+](C)C)ccc51)-c1ccc(CSC(N(C)C)=[N+](C)C)cc1-4)-c1cc(CSC(N(C)C)=[N+](C)C)ccc1-3)=[N+](C)C.[Cl-].[Cl-].[Cl-].[Cl-].[Cu]. The quantitative estimate of drug-likeness (QED) is 0.0630. The summed E-state index contributed by atoms with van der Waals surface area (Å²) in [6.45, 7) is 0. The summed E-state index contributed by atoms with van der Waals surface area (Å²) in [7, 11) is 33.2. The number of benzene rings is 4. The van der Waals surface area contributed by atoms with Crippen molar-refractivity contribution in [3.8, 4) is 68.3 Å². The monoisotopic (exact) mass is 1300 g/mol. The number of rotatable bonds is 8. The Kier molecular flexibility index (Phi) is 24.7. The van der Waals surface area contributed by atoms with E-state index in [4.69, 9.17) is 39.9 Å². The van der Waals surface area contributed by atoms with Crippen LogP contribution in [0.2, 0.25) is 0 Å². The molecule has 0 amide bonds. The third-order valence-electron chi connectivity index (χ3n) is 12.5. The molecule has 0 atom stereocenters. The van der Waals surface area contributed by atoms with Crippen LogP contribution in [0.15, 0.2) is 72.8 Å². The van der Waals surface area contributed by atoms with Gasteiger partial charge in [0.05, 0.1) is 113 Å². The summed E-state index contributed by atoms with van der Waals surface area (Å²) in [6.07, 6.45) is 0. The van der Waals surface area contributed by atoms with Crippen molar-refractivity contribution in [2.75, 3.05) is 113 Å². The van der Waals surface area contributed by atoms with E-state index < -0.39 is 0 Å². The first-order chi connectivity index (χ1) is 36.2. The summed E-state index contributed by atoms with van der Waals surface area (Å²) < 4.78 is 8.57. The van der Waals surface area contributed by atoms with Crippen LogP contribution in [-0.4, -0.2) is 201 Å². The molecule has 81 heavy (non-hydrogen) atoms. The number of hydrogen-bond donors (Lipinski definition) is 0. The maximum atomic E-state index is 5.41. The van der Waals surface area contributed by atoms with E-state index in [1.54, 1.807) is 47.0 Å². The van der Waals surface area contributed by atoms with Gasteiger partial charge in [-0.2, -0.15) is 0 Å². The third kappa shape index (κ3) is 15.1. The zero-order valence-electron chi connectivity index (χ0n) is 48.4. The maximum absolute atomic E-state index is 5.41. The molecule has 1 radical (unpaired) electrons. The van der Waals surface area contributed by atoms with Crippen molar-refractivity contribution < 1.29 is 85.0 Å². The van der Waals surface area contributed by atoms with Crippen molar-refractivity contribution in [3.05, 3.63) is 95.1 Å². The Labute approximate surface area is 529 Å². The molecule has 6 aromatic rings. The van der Waals surface area contributed by atoms with Crippen LogP contribution in [-0.2, 0) is 40.1 Å². The molecule has 5 heterocycles. The van der Waals surface area contributed by atoms with Gasteiger partial charge in [0.25, 0.3) is 0 Å². The smallest absolute Gasteiger partial charge is 0.307 e. The van der Waals surface area contributed by atoms with Gasteiger partial charge in [0.15, 0.2) is 23.3 Å². The molecule has 0 saturated carbocycles. The fourth-order valence-corrected chi connectivity index (χ4v) is 13.4. The molecule has 2 aromatic heterocycles. The summed E-state index contributed by atoms with van der Waals surface area (Å²) in [5, 5.41) is 6.36. The molecule has 0 N–H and O–H groups in total. The second-order valence-corrected chi connectivity index (χ2v) is 24.2. The van der Waals surface area contributed by atoms with Crippen LogP contribution in [0.3, 0.4) is 0 Å². The topological polar surface area (TPSA) is 131 Å². The van der Waals surface area contributed by atoms with E-state index in [1.807, 2.05) is 0 Å². The van der Waals surface area contributed by atoms with E-state index in [0.717, 1.165) is 110 Å². The first kappa shape index (κ1) is 68.7. The minimum atomic E-state index is 0. The van der Waals surface area contributed by atoms with Gasteiger partial charge in [0.1, 0.15) is 0 Å². The minimum absolute atomic E-state index is 0. The second kappa shape index (κ2) is 29.1. The standard InChI is InChI=1S/C56H68N16S4.4ClH.Cu/c1-65(2)53(66(3)4)73-29-33-17-21-37-41(25-33)49-58-45(37)57-46-38-22-18-35(31-75-55(69(9)10)70(11)12)27-43(38)51(59-46)64-52-44-28-36(32-76-56(71(13)14)72(15)16)20-24-40(44)48(63-52)62-50-42-26-34(19-23-39(42)47(60-49)61-50)30-74-54(67(5)6)68(7)8;;;;;/h17-28H,29-32H2,1-16H3;4*1H;/q+2;;;;;/p-4. The summed E-state index contributed by atoms with van der Waals surface area (Å²) >= 11 is 7.13. The Morgan fingerprint density at radius 1 is 0.370 bits per heavy atom. The van der Waals surface area contributed by atoms with Crippen molar-refractivity contribution in [1.82, 2.24) is 59.5 Å². The molecule has 0 unspecified atom stereocenters. The first-order valence-electron chi connectivity index (χ1n) is 24.9. The van der Waals surface area contributed by atoms with Crippen molar-refractivity contribution in [1.29, 1.82) is 0 Å². The number of nitrogens with zero attached hydrogens (tertiary/aromatic N) is 16. The van der Waals surface area contributed by atoms with Crippen molar-refractivity contribution >= 4 is 89.8 Å². The molecule has 4 aromatic carbocycles. The molecule has 25 heteroatoms. The van der Waals surface area contributed by atoms with E-state index in [2.05, 4.69) is 223 Å². The van der Waals surface area contributed by atoms with E-state index in [-0.39, 0.29) is 66.7 Å². The summed E-state index contributed by atoms with van der Waals surface area (Å²) in [5.74, 6) is 6.15. The van der Waals surface area contributed by atoms with Gasteiger partial charge in [0.2, 0.25) is 0 Å². The molecule has 0 spiro atoms. The molecule has 0 fully saturated rings. The summed E-state index contributed by atoms with van der Waals surface area (Å²) in [5.41, 5.74) is 10.9. The van der Waals surface area contributed by atoms with Crippen LogP contribution < -0.4 is 59.6 Å². The van der Waals surface area contributed by atoms with Crippen molar-refractivity contribution in [2.24, 2.45) is 0 Å². The molecule has 0 aliphatic carbocycles. The molecule has 0 saturated heterocycles. The molecule has 3 aliphatic heterocycles. The van der Waals surface area contributed by atoms with Crippen molar-refractivity contribution in [3.63, 3.8) is 0 Å². The van der Waals surface area contributed by atoms with E-state index >= 15 is 0 Å². The second-order valence-electron chi connectivity index (χ2n) is 20.4. The number of aromatic nitrogens is 8. The Morgan fingerprint density at radius 3 is 1.05 bits per heavy atom. The number of amidine groups is 4. The van der Waals surface area contributed by atoms with Crippen LogP contribution >= 0.6 is 47.0 Å². The molecule has 3 aliphatic rings. The Balaban J connectivity index is 0.00000282. The van der Waals surface area contributed by atoms with Gasteiger partial charge in [-0.3, -0.25) is 37.9 Å². The Bertz CT molecular complexity index is 3640.